The third-order valence-electron chi connectivity index (χ3n) is 3.18. The van der Waals surface area contributed by atoms with Crippen LogP contribution < -0.4 is 5.46 Å². The number of fused-ring (bicyclic) bond motifs is 1. The predicted octanol–water partition coefficient (Wildman–Crippen LogP) is 0.320. The Morgan fingerprint density at radius 1 is 1.25 bits per heavy atom. The van der Waals surface area contributed by atoms with Crippen LogP contribution in [0.3, 0.4) is 0 Å². The van der Waals surface area contributed by atoms with E-state index in [2.05, 4.69) is 9.97 Å². The molecule has 6 heteroatoms. The van der Waals surface area contributed by atoms with Crippen LogP contribution >= 0.6 is 0 Å². The standard InChI is InChI=1S/C14H11BN4O/c16-6-12-5-13-14(7-17-12)19(9-18-13)8-10-1-3-11(15-20)4-2-10/h1-5,7,9,15,20H,8H2. The molecule has 0 aliphatic carbocycles. The summed E-state index contributed by atoms with van der Waals surface area (Å²) in [4.78, 5) is 8.36. The number of imidazole rings is 1. The molecule has 0 fully saturated rings. The highest BCUT2D eigenvalue weighted by atomic mass is 16.2. The Balaban J connectivity index is 1.92. The van der Waals surface area contributed by atoms with Crippen molar-refractivity contribution in [3.8, 4) is 6.07 Å². The van der Waals surface area contributed by atoms with Gasteiger partial charge in [0.05, 0.1) is 23.6 Å². The Labute approximate surface area is 116 Å². The van der Waals surface area contributed by atoms with E-state index in [1.165, 1.54) is 0 Å². The van der Waals surface area contributed by atoms with Gasteiger partial charge >= 0.3 is 7.48 Å². The summed E-state index contributed by atoms with van der Waals surface area (Å²) in [5.74, 6) is 0. The lowest BCUT2D eigenvalue weighted by Gasteiger charge is -2.05. The third-order valence-corrected chi connectivity index (χ3v) is 3.18. The van der Waals surface area contributed by atoms with Crippen LogP contribution in [0.25, 0.3) is 11.0 Å². The maximum Gasteiger partial charge on any atom is 0.304 e. The zero-order valence-corrected chi connectivity index (χ0v) is 10.7. The quantitative estimate of drug-likeness (QED) is 0.690. The summed E-state index contributed by atoms with van der Waals surface area (Å²) >= 11 is 0. The first-order chi connectivity index (χ1) is 9.80. The molecule has 0 saturated heterocycles. The fourth-order valence-electron chi connectivity index (χ4n) is 2.09. The van der Waals surface area contributed by atoms with Crippen LogP contribution in [0.4, 0.5) is 0 Å². The first-order valence-electron chi connectivity index (χ1n) is 6.20. The van der Waals surface area contributed by atoms with Crippen LogP contribution in [0.15, 0.2) is 42.9 Å². The van der Waals surface area contributed by atoms with Gasteiger partial charge in [0.25, 0.3) is 0 Å². The normalized spacial score (nSPS) is 10.4. The molecule has 0 bridgehead atoms. The van der Waals surface area contributed by atoms with Crippen molar-refractivity contribution >= 4 is 24.0 Å². The van der Waals surface area contributed by atoms with Gasteiger partial charge in [-0.15, -0.1) is 0 Å². The Morgan fingerprint density at radius 3 is 2.75 bits per heavy atom. The molecule has 2 aromatic heterocycles. The van der Waals surface area contributed by atoms with Gasteiger partial charge in [-0.3, -0.25) is 0 Å². The predicted molar refractivity (Wildman–Crippen MR) is 76.8 cm³/mol. The van der Waals surface area contributed by atoms with Crippen LogP contribution in [-0.4, -0.2) is 27.0 Å². The number of nitrogens with zero attached hydrogens (tertiary/aromatic N) is 4. The van der Waals surface area contributed by atoms with Crippen LogP contribution in [0, 0.1) is 11.3 Å². The van der Waals surface area contributed by atoms with E-state index in [0.29, 0.717) is 12.2 Å². The summed E-state index contributed by atoms with van der Waals surface area (Å²) in [5.41, 5.74) is 4.05. The highest BCUT2D eigenvalue weighted by Crippen LogP contribution is 2.14. The number of hydrogen-bond donors (Lipinski definition) is 1. The highest BCUT2D eigenvalue weighted by Gasteiger charge is 2.05. The molecule has 0 unspecified atom stereocenters. The van der Waals surface area contributed by atoms with Crippen molar-refractivity contribution in [1.29, 1.82) is 5.26 Å². The number of hydrogen-bond acceptors (Lipinski definition) is 4. The van der Waals surface area contributed by atoms with Crippen molar-refractivity contribution in [2.75, 3.05) is 0 Å². The van der Waals surface area contributed by atoms with Crippen molar-refractivity contribution in [3.63, 3.8) is 0 Å². The molecule has 2 heterocycles. The maximum atomic E-state index is 9.03. The van der Waals surface area contributed by atoms with E-state index in [1.54, 1.807) is 18.6 Å². The molecule has 3 aromatic rings. The summed E-state index contributed by atoms with van der Waals surface area (Å²) in [6.07, 6.45) is 3.41. The van der Waals surface area contributed by atoms with Crippen molar-refractivity contribution in [2.45, 2.75) is 6.54 Å². The molecule has 0 spiro atoms. The molecule has 3 rings (SSSR count). The van der Waals surface area contributed by atoms with E-state index in [4.69, 9.17) is 10.3 Å². The average Bonchev–Trinajstić information content (AvgIpc) is 2.90. The summed E-state index contributed by atoms with van der Waals surface area (Å²) in [6.45, 7) is 0.676. The molecule has 5 nitrogen and oxygen atoms in total. The van der Waals surface area contributed by atoms with E-state index in [1.807, 2.05) is 34.9 Å². The zero-order chi connectivity index (χ0) is 13.9. The van der Waals surface area contributed by atoms with Gasteiger partial charge in [0.1, 0.15) is 11.8 Å². The Hall–Kier alpha value is -2.65. The topological polar surface area (TPSA) is 74.7 Å². The maximum absolute atomic E-state index is 9.03. The molecule has 0 atom stereocenters. The molecule has 1 N–H and O–H groups in total. The van der Waals surface area contributed by atoms with Crippen molar-refractivity contribution in [2.24, 2.45) is 0 Å². The minimum Gasteiger partial charge on any atom is -0.449 e. The second kappa shape index (κ2) is 5.15. The molecule has 0 aliphatic rings. The smallest absolute Gasteiger partial charge is 0.304 e. The molecule has 0 amide bonds. The zero-order valence-electron chi connectivity index (χ0n) is 10.7. The molecule has 96 valence electrons. The SMILES string of the molecule is N#Cc1cc2ncn(Cc3ccc(BO)cc3)c2cn1. The van der Waals surface area contributed by atoms with E-state index < -0.39 is 0 Å². The molecule has 0 saturated carbocycles. The first kappa shape index (κ1) is 12.4. The van der Waals surface area contributed by atoms with Gasteiger partial charge in [-0.1, -0.05) is 29.7 Å². The highest BCUT2D eigenvalue weighted by molar-refractivity contribution is 6.45. The molecule has 0 aliphatic heterocycles. The van der Waals surface area contributed by atoms with E-state index in [9.17, 15) is 0 Å². The second-order valence-electron chi connectivity index (χ2n) is 4.52. The van der Waals surface area contributed by atoms with Gasteiger partial charge < -0.3 is 9.59 Å². The van der Waals surface area contributed by atoms with Crippen LogP contribution in [0.1, 0.15) is 11.3 Å². The van der Waals surface area contributed by atoms with Gasteiger partial charge in [-0.25, -0.2) is 9.97 Å². The Morgan fingerprint density at radius 2 is 2.05 bits per heavy atom. The monoisotopic (exact) mass is 262 g/mol. The lowest BCUT2D eigenvalue weighted by atomic mass is 9.88. The number of rotatable bonds is 3. The van der Waals surface area contributed by atoms with Gasteiger partial charge in [0.2, 0.25) is 0 Å². The minimum atomic E-state index is 0.0507. The van der Waals surface area contributed by atoms with Gasteiger partial charge in [-0.05, 0) is 5.56 Å². The van der Waals surface area contributed by atoms with Gasteiger partial charge in [-0.2, -0.15) is 5.26 Å². The van der Waals surface area contributed by atoms with Crippen molar-refractivity contribution < 1.29 is 5.02 Å². The number of benzene rings is 1. The third kappa shape index (κ3) is 2.27. The Kier molecular flexibility index (Phi) is 3.19. The van der Waals surface area contributed by atoms with Crippen molar-refractivity contribution in [3.05, 3.63) is 54.1 Å². The van der Waals surface area contributed by atoms with Crippen LogP contribution in [-0.2, 0) is 6.54 Å². The molecule has 0 radical (unpaired) electrons. The van der Waals surface area contributed by atoms with E-state index in [0.717, 1.165) is 22.1 Å². The van der Waals surface area contributed by atoms with E-state index >= 15 is 0 Å². The van der Waals surface area contributed by atoms with Crippen molar-refractivity contribution in [1.82, 2.24) is 14.5 Å². The summed E-state index contributed by atoms with van der Waals surface area (Å²) in [5, 5.41) is 17.8. The first-order valence-corrected chi connectivity index (χ1v) is 6.20. The average molecular weight is 262 g/mol. The summed E-state index contributed by atoms with van der Waals surface area (Å²) < 4.78 is 1.98. The Bertz CT molecular complexity index is 789. The summed E-state index contributed by atoms with van der Waals surface area (Å²) in [7, 11) is 0.0507. The minimum absolute atomic E-state index is 0.0507. The lowest BCUT2D eigenvalue weighted by Crippen LogP contribution is -2.12. The number of pyridine rings is 1. The largest absolute Gasteiger partial charge is 0.449 e. The number of nitriles is 1. The number of aromatic nitrogens is 3. The fraction of sp³-hybridized carbons (Fsp3) is 0.0714. The summed E-state index contributed by atoms with van der Waals surface area (Å²) in [6, 6.07) is 11.5. The van der Waals surface area contributed by atoms with Crippen LogP contribution in [0.5, 0.6) is 0 Å². The van der Waals surface area contributed by atoms with Gasteiger partial charge in [0.15, 0.2) is 0 Å². The second-order valence-corrected chi connectivity index (χ2v) is 4.52. The van der Waals surface area contributed by atoms with E-state index in [-0.39, 0.29) is 7.48 Å². The molecular weight excluding hydrogens is 251 g/mol. The van der Waals surface area contributed by atoms with Gasteiger partial charge in [0, 0.05) is 12.6 Å². The fourth-order valence-corrected chi connectivity index (χ4v) is 2.09. The molecule has 1 aromatic carbocycles. The molecule has 20 heavy (non-hydrogen) atoms. The molecular formula is C14H11BN4O. The van der Waals surface area contributed by atoms with Crippen LogP contribution in [0.2, 0.25) is 0 Å². The lowest BCUT2D eigenvalue weighted by molar-refractivity contribution is 0.615.